The summed E-state index contributed by atoms with van der Waals surface area (Å²) < 4.78 is 0.768. The fraction of sp³-hybridized carbons (Fsp3) is 0.643. The fourth-order valence-corrected chi connectivity index (χ4v) is 2.23. The lowest BCUT2D eigenvalue weighted by molar-refractivity contribution is -0.895. The van der Waals surface area contributed by atoms with Gasteiger partial charge < -0.3 is 45.2 Å². The first-order valence-electron chi connectivity index (χ1n) is 7.34. The molecule has 1 heterocycles. The Hall–Kier alpha value is -0.870. The summed E-state index contributed by atoms with van der Waals surface area (Å²) in [6.45, 7) is 2.68. The molecule has 1 amide bonds. The van der Waals surface area contributed by atoms with Crippen molar-refractivity contribution >= 4 is 29.1 Å². The van der Waals surface area contributed by atoms with Crippen LogP contribution in [0.2, 0.25) is 5.15 Å². The molecule has 0 aliphatic rings. The number of unbranched alkanes of at least 4 members (excludes halogenated alkanes) is 1. The standard InChI is InChI=1S/C14H25ClN6O.HI/c1-5-6-7-9(21(2,3)4)8-18-14(22)10-12(16)20-13(17)11(15)19-10;/h9H,5-8H2,1-4H3,(H4-,16,17,18,20,22);1H/t9-;/m0./s1. The zero-order chi connectivity index (χ0) is 16.9. The lowest BCUT2D eigenvalue weighted by atomic mass is 10.1. The quantitative estimate of drug-likeness (QED) is 0.335. The van der Waals surface area contributed by atoms with Gasteiger partial charge in [0.15, 0.2) is 22.5 Å². The lowest BCUT2D eigenvalue weighted by Gasteiger charge is -2.34. The molecule has 1 rings (SSSR count). The lowest BCUT2D eigenvalue weighted by Crippen LogP contribution is -3.00. The van der Waals surface area contributed by atoms with Crippen LogP contribution in [0.25, 0.3) is 0 Å². The molecule has 0 saturated heterocycles. The van der Waals surface area contributed by atoms with Crippen molar-refractivity contribution in [1.82, 2.24) is 15.3 Å². The molecule has 0 aliphatic carbocycles. The van der Waals surface area contributed by atoms with Gasteiger partial charge in [0, 0.05) is 6.42 Å². The first-order chi connectivity index (χ1) is 10.2. The van der Waals surface area contributed by atoms with E-state index in [2.05, 4.69) is 43.4 Å². The molecule has 23 heavy (non-hydrogen) atoms. The Bertz CT molecular complexity index is 535. The van der Waals surface area contributed by atoms with Crippen molar-refractivity contribution in [2.75, 3.05) is 39.2 Å². The number of carbonyl (C=O) groups excluding carboxylic acids is 1. The third-order valence-electron chi connectivity index (χ3n) is 3.60. The Labute approximate surface area is 159 Å². The van der Waals surface area contributed by atoms with Crippen molar-refractivity contribution in [2.45, 2.75) is 32.2 Å². The summed E-state index contributed by atoms with van der Waals surface area (Å²) in [5.41, 5.74) is 11.2. The van der Waals surface area contributed by atoms with Crippen LogP contribution in [0.1, 0.15) is 36.7 Å². The van der Waals surface area contributed by atoms with Crippen molar-refractivity contribution in [3.63, 3.8) is 0 Å². The minimum atomic E-state index is -0.387. The zero-order valence-corrected chi connectivity index (χ0v) is 17.0. The van der Waals surface area contributed by atoms with Crippen LogP contribution < -0.4 is 40.8 Å². The van der Waals surface area contributed by atoms with Crippen LogP contribution in [0.15, 0.2) is 0 Å². The summed E-state index contributed by atoms with van der Waals surface area (Å²) in [5, 5.41) is 2.85. The second-order valence-electron chi connectivity index (χ2n) is 6.26. The average Bonchev–Trinajstić information content (AvgIpc) is 2.41. The number of quaternary nitrogens is 1. The fourth-order valence-electron chi connectivity index (χ4n) is 2.11. The zero-order valence-electron chi connectivity index (χ0n) is 14.1. The summed E-state index contributed by atoms with van der Waals surface area (Å²) in [4.78, 5) is 20.0. The molecular formula is C14H26ClIN6O. The van der Waals surface area contributed by atoms with Gasteiger partial charge in [-0.2, -0.15) is 0 Å². The molecule has 0 fully saturated rings. The van der Waals surface area contributed by atoms with E-state index in [1.54, 1.807) is 0 Å². The monoisotopic (exact) mass is 456 g/mol. The third kappa shape index (κ3) is 6.64. The van der Waals surface area contributed by atoms with Crippen LogP contribution in [0, 0.1) is 0 Å². The highest BCUT2D eigenvalue weighted by Gasteiger charge is 2.25. The molecule has 0 bridgehead atoms. The molecule has 0 aliphatic heterocycles. The number of hydrogen-bond acceptors (Lipinski definition) is 5. The van der Waals surface area contributed by atoms with Crippen LogP contribution in [0.5, 0.6) is 0 Å². The number of anilines is 2. The molecule has 132 valence electrons. The van der Waals surface area contributed by atoms with Crippen molar-refractivity contribution in [2.24, 2.45) is 0 Å². The Morgan fingerprint density at radius 1 is 1.26 bits per heavy atom. The van der Waals surface area contributed by atoms with Gasteiger partial charge in [0.05, 0.1) is 27.7 Å². The van der Waals surface area contributed by atoms with Crippen LogP contribution in [-0.4, -0.2) is 54.1 Å². The van der Waals surface area contributed by atoms with E-state index in [0.717, 1.165) is 23.7 Å². The van der Waals surface area contributed by atoms with Crippen LogP contribution in [0.3, 0.4) is 0 Å². The Morgan fingerprint density at radius 2 is 1.87 bits per heavy atom. The number of likely N-dealkylation sites (N-methyl/N-ethyl adjacent to an activating group) is 1. The minimum absolute atomic E-state index is 0. The number of amides is 1. The predicted molar refractivity (Wildman–Crippen MR) is 89.5 cm³/mol. The number of nitrogens with one attached hydrogen (secondary N) is 1. The SMILES string of the molecule is CCCC[C@@H](CNC(=O)c1nc(Cl)c(N)nc1N)[N+](C)(C)C.[I-]. The second-order valence-corrected chi connectivity index (χ2v) is 6.61. The maximum absolute atomic E-state index is 12.2. The van der Waals surface area contributed by atoms with E-state index in [4.69, 9.17) is 23.1 Å². The summed E-state index contributed by atoms with van der Waals surface area (Å²) in [7, 11) is 6.34. The van der Waals surface area contributed by atoms with Gasteiger partial charge in [-0.05, 0) is 6.42 Å². The average molecular weight is 457 g/mol. The van der Waals surface area contributed by atoms with Gasteiger partial charge in [0.25, 0.3) is 5.91 Å². The molecule has 1 atom stereocenters. The molecule has 1 aromatic rings. The van der Waals surface area contributed by atoms with Gasteiger partial charge >= 0.3 is 0 Å². The van der Waals surface area contributed by atoms with Crippen molar-refractivity contribution in [1.29, 1.82) is 0 Å². The Morgan fingerprint density at radius 3 is 2.39 bits per heavy atom. The van der Waals surface area contributed by atoms with Gasteiger partial charge in [-0.15, -0.1) is 0 Å². The highest BCUT2D eigenvalue weighted by molar-refractivity contribution is 6.31. The molecule has 0 radical (unpaired) electrons. The van der Waals surface area contributed by atoms with Crippen LogP contribution in [-0.2, 0) is 0 Å². The van der Waals surface area contributed by atoms with Crippen molar-refractivity contribution < 1.29 is 33.3 Å². The van der Waals surface area contributed by atoms with Crippen molar-refractivity contribution in [3.8, 4) is 0 Å². The molecule has 0 spiro atoms. The molecule has 5 N–H and O–H groups in total. The minimum Gasteiger partial charge on any atom is -1.00 e. The maximum Gasteiger partial charge on any atom is 0.274 e. The molecule has 0 unspecified atom stereocenters. The van der Waals surface area contributed by atoms with Crippen LogP contribution in [0.4, 0.5) is 11.6 Å². The van der Waals surface area contributed by atoms with Gasteiger partial charge in [0.2, 0.25) is 0 Å². The number of aromatic nitrogens is 2. The highest BCUT2D eigenvalue weighted by atomic mass is 127. The van der Waals surface area contributed by atoms with Gasteiger partial charge in [0.1, 0.15) is 6.04 Å². The summed E-state index contributed by atoms with van der Waals surface area (Å²) in [5.74, 6) is -0.389. The predicted octanol–water partition coefficient (Wildman–Crippen LogP) is -1.71. The van der Waals surface area contributed by atoms with E-state index in [1.165, 1.54) is 0 Å². The summed E-state index contributed by atoms with van der Waals surface area (Å²) in [6.07, 6.45) is 3.27. The molecule has 0 saturated carbocycles. The highest BCUT2D eigenvalue weighted by Crippen LogP contribution is 2.17. The first-order valence-corrected chi connectivity index (χ1v) is 7.72. The Balaban J connectivity index is 0.00000484. The van der Waals surface area contributed by atoms with E-state index in [1.807, 2.05) is 0 Å². The number of rotatable bonds is 7. The van der Waals surface area contributed by atoms with Gasteiger partial charge in [-0.1, -0.05) is 24.9 Å². The number of nitrogens with zero attached hydrogens (tertiary/aromatic N) is 3. The topological polar surface area (TPSA) is 107 Å². The molecular weight excluding hydrogens is 431 g/mol. The number of nitrogens with two attached hydrogens (primary N) is 2. The van der Waals surface area contributed by atoms with E-state index in [0.29, 0.717) is 12.6 Å². The first kappa shape index (κ1) is 22.1. The van der Waals surface area contributed by atoms with Crippen molar-refractivity contribution in [3.05, 3.63) is 10.8 Å². The van der Waals surface area contributed by atoms with E-state index in [9.17, 15) is 4.79 Å². The number of hydrogen-bond donors (Lipinski definition) is 3. The van der Waals surface area contributed by atoms with E-state index in [-0.39, 0.29) is 52.4 Å². The maximum atomic E-state index is 12.2. The number of nitrogen functional groups attached to an aromatic ring is 2. The third-order valence-corrected chi connectivity index (χ3v) is 3.88. The largest absolute Gasteiger partial charge is 1.00 e. The summed E-state index contributed by atoms with van der Waals surface area (Å²) >= 11 is 5.80. The second kappa shape index (κ2) is 9.43. The Kier molecular flexibility index (Phi) is 9.07. The molecule has 1 aromatic heterocycles. The summed E-state index contributed by atoms with van der Waals surface area (Å²) in [6, 6.07) is 0.308. The molecule has 9 heteroatoms. The smallest absolute Gasteiger partial charge is 0.274 e. The van der Waals surface area contributed by atoms with Gasteiger partial charge in [-0.3, -0.25) is 4.79 Å². The molecule has 0 aromatic carbocycles. The van der Waals surface area contributed by atoms with Gasteiger partial charge in [-0.25, -0.2) is 9.97 Å². The van der Waals surface area contributed by atoms with Crippen LogP contribution >= 0.6 is 11.6 Å². The molecule has 7 nitrogen and oxygen atoms in total. The van der Waals surface area contributed by atoms with E-state index >= 15 is 0 Å². The number of halogens is 2. The van der Waals surface area contributed by atoms with E-state index < -0.39 is 0 Å². The normalized spacial score (nSPS) is 12.4. The number of carbonyl (C=O) groups is 1.